The molecule has 26 heavy (non-hydrogen) atoms. The highest BCUT2D eigenvalue weighted by molar-refractivity contribution is 5.94. The van der Waals surface area contributed by atoms with Crippen LogP contribution in [0.2, 0.25) is 0 Å². The van der Waals surface area contributed by atoms with Gasteiger partial charge in [-0.2, -0.15) is 0 Å². The number of likely N-dealkylation sites (tertiary alicyclic amines) is 1. The Morgan fingerprint density at radius 2 is 2.08 bits per heavy atom. The van der Waals surface area contributed by atoms with Crippen LogP contribution in [0, 0.1) is 18.8 Å². The summed E-state index contributed by atoms with van der Waals surface area (Å²) in [4.78, 5) is 33.9. The third-order valence-electron chi connectivity index (χ3n) is 6.29. The Morgan fingerprint density at radius 1 is 1.19 bits per heavy atom. The molecule has 3 fully saturated rings. The summed E-state index contributed by atoms with van der Waals surface area (Å²) >= 11 is 0. The number of aromatic nitrogens is 2. The maximum Gasteiger partial charge on any atom is 0.255 e. The molecule has 3 aliphatic rings. The van der Waals surface area contributed by atoms with Crippen molar-refractivity contribution >= 4 is 17.5 Å². The zero-order valence-corrected chi connectivity index (χ0v) is 15.1. The van der Waals surface area contributed by atoms with Gasteiger partial charge in [0, 0.05) is 44.5 Å². The van der Waals surface area contributed by atoms with Crippen molar-refractivity contribution < 1.29 is 9.59 Å². The van der Waals surface area contributed by atoms with Crippen LogP contribution >= 0.6 is 0 Å². The van der Waals surface area contributed by atoms with E-state index in [9.17, 15) is 9.59 Å². The molecule has 5 rings (SSSR count). The topological polar surface area (TPSA) is 57.9 Å². The molecular weight excluding hydrogens is 328 g/mol. The van der Waals surface area contributed by atoms with Crippen LogP contribution in [-0.2, 0) is 4.79 Å². The number of hydrogen-bond acceptors (Lipinski definition) is 3. The first kappa shape index (κ1) is 15.9. The minimum absolute atomic E-state index is 0.100. The molecule has 136 valence electrons. The van der Waals surface area contributed by atoms with E-state index in [0.29, 0.717) is 35.8 Å². The molecule has 3 aliphatic heterocycles. The Balaban J connectivity index is 1.38. The number of aryl methyl sites for hydroxylation is 1. The van der Waals surface area contributed by atoms with Gasteiger partial charge < -0.3 is 14.2 Å². The van der Waals surface area contributed by atoms with Crippen molar-refractivity contribution in [2.45, 2.75) is 38.6 Å². The molecule has 0 unspecified atom stereocenters. The van der Waals surface area contributed by atoms with Gasteiger partial charge >= 0.3 is 0 Å². The lowest BCUT2D eigenvalue weighted by molar-refractivity contribution is -0.144. The van der Waals surface area contributed by atoms with E-state index in [1.165, 1.54) is 0 Å². The third kappa shape index (κ3) is 2.50. The number of amides is 2. The molecule has 0 N–H and O–H groups in total. The van der Waals surface area contributed by atoms with Gasteiger partial charge in [0.1, 0.15) is 5.65 Å². The highest BCUT2D eigenvalue weighted by Gasteiger charge is 2.44. The molecule has 0 radical (unpaired) electrons. The van der Waals surface area contributed by atoms with Gasteiger partial charge in [-0.25, -0.2) is 4.98 Å². The third-order valence-corrected chi connectivity index (χ3v) is 6.29. The van der Waals surface area contributed by atoms with Gasteiger partial charge in [-0.1, -0.05) is 0 Å². The summed E-state index contributed by atoms with van der Waals surface area (Å²) in [6.45, 7) is 4.30. The van der Waals surface area contributed by atoms with Gasteiger partial charge in [-0.05, 0) is 50.2 Å². The fourth-order valence-corrected chi connectivity index (χ4v) is 5.20. The quantitative estimate of drug-likeness (QED) is 0.790. The van der Waals surface area contributed by atoms with E-state index in [4.69, 9.17) is 0 Å². The first-order valence-corrected chi connectivity index (χ1v) is 9.62. The lowest BCUT2D eigenvalue weighted by atomic mass is 9.76. The van der Waals surface area contributed by atoms with Gasteiger partial charge in [0.15, 0.2) is 0 Å². The normalized spacial score (nSPS) is 28.3. The van der Waals surface area contributed by atoms with E-state index in [-0.39, 0.29) is 5.91 Å². The lowest BCUT2D eigenvalue weighted by Crippen LogP contribution is -2.61. The van der Waals surface area contributed by atoms with Gasteiger partial charge in [-0.3, -0.25) is 9.59 Å². The van der Waals surface area contributed by atoms with Gasteiger partial charge in [0.05, 0.1) is 11.3 Å². The number of rotatable bonds is 1. The predicted octanol–water partition coefficient (Wildman–Crippen LogP) is 2.12. The second kappa shape index (κ2) is 5.83. The van der Waals surface area contributed by atoms with Crippen molar-refractivity contribution in [2.24, 2.45) is 11.8 Å². The molecule has 2 aromatic heterocycles. The predicted molar refractivity (Wildman–Crippen MR) is 96.8 cm³/mol. The van der Waals surface area contributed by atoms with E-state index in [0.717, 1.165) is 50.2 Å². The van der Waals surface area contributed by atoms with E-state index in [1.54, 1.807) is 0 Å². The second-order valence-electron chi connectivity index (χ2n) is 8.14. The maximum atomic E-state index is 13.1. The lowest BCUT2D eigenvalue weighted by Gasteiger charge is -2.52. The summed E-state index contributed by atoms with van der Waals surface area (Å²) in [6, 6.07) is 4.12. The van der Waals surface area contributed by atoms with Gasteiger partial charge in [-0.15, -0.1) is 0 Å². The SMILES string of the molecule is Cc1cn2cc(C(=O)N3C[C@H]4C[C@@H](C3)[C@@H]3CCCC(=O)N3C4)ccc2n1. The molecule has 3 atom stereocenters. The van der Waals surface area contributed by atoms with Crippen molar-refractivity contribution in [3.8, 4) is 0 Å². The number of pyridine rings is 1. The smallest absolute Gasteiger partial charge is 0.255 e. The Kier molecular flexibility index (Phi) is 3.55. The number of nitrogens with zero attached hydrogens (tertiary/aromatic N) is 4. The van der Waals surface area contributed by atoms with E-state index in [2.05, 4.69) is 9.88 Å². The highest BCUT2D eigenvalue weighted by Crippen LogP contribution is 2.38. The van der Waals surface area contributed by atoms with Crippen LogP contribution in [0.1, 0.15) is 41.7 Å². The first-order chi connectivity index (χ1) is 12.6. The Labute approximate surface area is 152 Å². The van der Waals surface area contributed by atoms with Crippen molar-refractivity contribution in [3.63, 3.8) is 0 Å². The fourth-order valence-electron chi connectivity index (χ4n) is 5.20. The van der Waals surface area contributed by atoms with Crippen LogP contribution in [-0.4, -0.2) is 56.7 Å². The Morgan fingerprint density at radius 3 is 2.96 bits per heavy atom. The molecule has 2 aromatic rings. The number of carbonyl (C=O) groups excluding carboxylic acids is 2. The van der Waals surface area contributed by atoms with Crippen molar-refractivity contribution in [2.75, 3.05) is 19.6 Å². The molecule has 5 heterocycles. The van der Waals surface area contributed by atoms with Gasteiger partial charge in [0.2, 0.25) is 5.91 Å². The summed E-state index contributed by atoms with van der Waals surface area (Å²) in [5, 5.41) is 0. The monoisotopic (exact) mass is 352 g/mol. The maximum absolute atomic E-state index is 13.1. The number of imidazole rings is 1. The average molecular weight is 352 g/mol. The molecule has 2 bridgehead atoms. The summed E-state index contributed by atoms with van der Waals surface area (Å²) in [5.74, 6) is 1.25. The zero-order valence-electron chi connectivity index (χ0n) is 15.1. The van der Waals surface area contributed by atoms with Crippen LogP contribution in [0.5, 0.6) is 0 Å². The number of fused-ring (bicyclic) bond motifs is 5. The number of piperidine rings is 3. The minimum atomic E-state index is 0.100. The summed E-state index contributed by atoms with van der Waals surface area (Å²) in [5.41, 5.74) is 2.53. The molecule has 0 aromatic carbocycles. The van der Waals surface area contributed by atoms with Crippen LogP contribution in [0.3, 0.4) is 0 Å². The fraction of sp³-hybridized carbons (Fsp3) is 0.550. The van der Waals surface area contributed by atoms with E-state index >= 15 is 0 Å². The molecular formula is C20H24N4O2. The van der Waals surface area contributed by atoms with Gasteiger partial charge in [0.25, 0.3) is 5.91 Å². The Hall–Kier alpha value is -2.37. The summed E-state index contributed by atoms with van der Waals surface area (Å²) in [7, 11) is 0. The van der Waals surface area contributed by atoms with Crippen LogP contribution in [0.4, 0.5) is 0 Å². The van der Waals surface area contributed by atoms with Crippen LogP contribution in [0.25, 0.3) is 5.65 Å². The number of hydrogen-bond donors (Lipinski definition) is 0. The van der Waals surface area contributed by atoms with Crippen molar-refractivity contribution in [1.29, 1.82) is 0 Å². The molecule has 2 amide bonds. The van der Waals surface area contributed by atoms with E-state index in [1.807, 2.05) is 40.8 Å². The largest absolute Gasteiger partial charge is 0.339 e. The summed E-state index contributed by atoms with van der Waals surface area (Å²) < 4.78 is 1.93. The van der Waals surface area contributed by atoms with Crippen molar-refractivity contribution in [3.05, 3.63) is 35.8 Å². The minimum Gasteiger partial charge on any atom is -0.339 e. The zero-order chi connectivity index (χ0) is 17.8. The van der Waals surface area contributed by atoms with E-state index < -0.39 is 0 Å². The van der Waals surface area contributed by atoms with Crippen molar-refractivity contribution in [1.82, 2.24) is 19.2 Å². The standard InChI is InChI=1S/C20H24N4O2/c1-13-8-22-11-15(5-6-18(22)21-13)20(26)23-9-14-7-16(12-23)17-3-2-4-19(25)24(17)10-14/h5-6,8,11,14,16-17H,2-4,7,9-10,12H2,1H3/t14-,16+,17+/m1/s1. The molecule has 6 nitrogen and oxygen atoms in total. The number of carbonyl (C=O) groups is 2. The molecule has 0 aliphatic carbocycles. The molecule has 6 heteroatoms. The summed E-state index contributed by atoms with van der Waals surface area (Å²) in [6.07, 6.45) is 7.76. The molecule has 0 spiro atoms. The molecule has 0 saturated carbocycles. The first-order valence-electron chi connectivity index (χ1n) is 9.62. The Bertz CT molecular complexity index is 889. The van der Waals surface area contributed by atoms with Crippen LogP contribution < -0.4 is 0 Å². The second-order valence-corrected chi connectivity index (χ2v) is 8.14. The van der Waals surface area contributed by atoms with Crippen LogP contribution in [0.15, 0.2) is 24.5 Å². The molecule has 3 saturated heterocycles. The average Bonchev–Trinajstić information content (AvgIpc) is 3.01. The highest BCUT2D eigenvalue weighted by atomic mass is 16.2.